The lowest BCUT2D eigenvalue weighted by molar-refractivity contribution is -0.133. The molecule has 0 spiro atoms. The van der Waals surface area contributed by atoms with Crippen LogP contribution in [-0.4, -0.2) is 60.6 Å². The van der Waals surface area contributed by atoms with E-state index in [0.717, 1.165) is 32.5 Å². The van der Waals surface area contributed by atoms with E-state index in [0.29, 0.717) is 6.54 Å². The molecule has 0 aromatic heterocycles. The lowest BCUT2D eigenvalue weighted by atomic mass is 9.86. The molecule has 0 aromatic carbocycles. The highest BCUT2D eigenvalue weighted by molar-refractivity contribution is 5.78. The van der Waals surface area contributed by atoms with E-state index in [1.54, 1.807) is 0 Å². The topological polar surface area (TPSA) is 43.8 Å². The van der Waals surface area contributed by atoms with E-state index in [9.17, 15) is 9.90 Å². The van der Waals surface area contributed by atoms with Crippen molar-refractivity contribution in [1.82, 2.24) is 9.80 Å². The number of likely N-dealkylation sites (tertiary alicyclic amines) is 1. The fourth-order valence-corrected chi connectivity index (χ4v) is 3.51. The van der Waals surface area contributed by atoms with Gasteiger partial charge in [0.15, 0.2) is 0 Å². The first-order valence-corrected chi connectivity index (χ1v) is 7.72. The lowest BCUT2D eigenvalue weighted by Crippen LogP contribution is -2.45. The first-order valence-electron chi connectivity index (χ1n) is 7.72. The van der Waals surface area contributed by atoms with Gasteiger partial charge in [-0.05, 0) is 38.8 Å². The van der Waals surface area contributed by atoms with Crippen molar-refractivity contribution in [3.8, 4) is 0 Å². The molecule has 1 aliphatic carbocycles. The zero-order valence-corrected chi connectivity index (χ0v) is 12.2. The molecule has 110 valence electrons. The van der Waals surface area contributed by atoms with E-state index in [4.69, 9.17) is 0 Å². The van der Waals surface area contributed by atoms with Gasteiger partial charge >= 0.3 is 0 Å². The number of rotatable bonds is 5. The van der Waals surface area contributed by atoms with Gasteiger partial charge in [-0.15, -0.1) is 0 Å². The van der Waals surface area contributed by atoms with Crippen LogP contribution in [0, 0.1) is 5.41 Å². The van der Waals surface area contributed by atoms with Crippen LogP contribution in [0.5, 0.6) is 0 Å². The van der Waals surface area contributed by atoms with E-state index >= 15 is 0 Å². The average Bonchev–Trinajstić information content (AvgIpc) is 2.89. The zero-order chi connectivity index (χ0) is 13.7. The van der Waals surface area contributed by atoms with E-state index in [1.807, 2.05) is 11.9 Å². The molecule has 0 aromatic rings. The Kier molecular flexibility index (Phi) is 5.22. The molecule has 1 saturated heterocycles. The Hall–Kier alpha value is -0.610. The molecule has 1 saturated carbocycles. The number of carbonyl (C=O) groups is 1. The largest absolute Gasteiger partial charge is 0.396 e. The molecular formula is C15H28N2O2. The van der Waals surface area contributed by atoms with Gasteiger partial charge < -0.3 is 10.0 Å². The number of carbonyl (C=O) groups excluding carboxylic acids is 1. The Morgan fingerprint density at radius 1 is 1.16 bits per heavy atom. The van der Waals surface area contributed by atoms with Crippen molar-refractivity contribution in [2.75, 3.05) is 39.8 Å². The van der Waals surface area contributed by atoms with Crippen LogP contribution in [0.4, 0.5) is 0 Å². The summed E-state index contributed by atoms with van der Waals surface area (Å²) in [4.78, 5) is 16.4. The summed E-state index contributed by atoms with van der Waals surface area (Å²) in [5.74, 6) is 0.210. The number of aliphatic hydroxyl groups excluding tert-OH is 1. The molecule has 2 rings (SSSR count). The summed E-state index contributed by atoms with van der Waals surface area (Å²) in [5.41, 5.74) is -0.0215. The van der Waals surface area contributed by atoms with Gasteiger partial charge in [0.2, 0.25) is 5.91 Å². The maximum atomic E-state index is 12.3. The minimum Gasteiger partial charge on any atom is -0.396 e. The van der Waals surface area contributed by atoms with Gasteiger partial charge in [-0.2, -0.15) is 0 Å². The van der Waals surface area contributed by atoms with Gasteiger partial charge in [-0.3, -0.25) is 9.69 Å². The van der Waals surface area contributed by atoms with Crippen LogP contribution >= 0.6 is 0 Å². The van der Waals surface area contributed by atoms with Crippen LogP contribution in [-0.2, 0) is 4.79 Å². The summed E-state index contributed by atoms with van der Waals surface area (Å²) in [7, 11) is 1.89. The third-order valence-electron chi connectivity index (χ3n) is 4.81. The van der Waals surface area contributed by atoms with Crippen LogP contribution in [0.1, 0.15) is 44.9 Å². The van der Waals surface area contributed by atoms with Crippen molar-refractivity contribution in [2.45, 2.75) is 44.9 Å². The second-order valence-electron chi connectivity index (χ2n) is 6.45. The summed E-state index contributed by atoms with van der Waals surface area (Å²) in [5, 5.41) is 9.62. The van der Waals surface area contributed by atoms with E-state index in [1.165, 1.54) is 32.1 Å². The zero-order valence-electron chi connectivity index (χ0n) is 12.2. The van der Waals surface area contributed by atoms with Crippen LogP contribution in [0.15, 0.2) is 0 Å². The van der Waals surface area contributed by atoms with Crippen LogP contribution in [0.3, 0.4) is 0 Å². The fourth-order valence-electron chi connectivity index (χ4n) is 3.51. The van der Waals surface area contributed by atoms with Crippen molar-refractivity contribution >= 4 is 5.91 Å². The minimum atomic E-state index is -0.0215. The summed E-state index contributed by atoms with van der Waals surface area (Å²) in [6.07, 6.45) is 8.24. The quantitative estimate of drug-likeness (QED) is 0.821. The summed E-state index contributed by atoms with van der Waals surface area (Å²) >= 11 is 0. The van der Waals surface area contributed by atoms with E-state index < -0.39 is 0 Å². The number of aliphatic hydroxyl groups is 1. The molecule has 2 fully saturated rings. The average molecular weight is 268 g/mol. The Bertz CT molecular complexity index is 295. The van der Waals surface area contributed by atoms with Gasteiger partial charge in [-0.25, -0.2) is 0 Å². The van der Waals surface area contributed by atoms with E-state index in [2.05, 4.69) is 4.90 Å². The molecule has 1 N–H and O–H groups in total. The molecule has 2 aliphatic rings. The predicted octanol–water partition coefficient (Wildman–Crippen LogP) is 1.48. The smallest absolute Gasteiger partial charge is 0.236 e. The molecule has 1 aliphatic heterocycles. The third-order valence-corrected chi connectivity index (χ3v) is 4.81. The Balaban J connectivity index is 1.81. The SMILES string of the molecule is CN(CC1(CO)CCCC1)C(=O)CN1CCCCC1. The number of likely N-dealkylation sites (N-methyl/N-ethyl adjacent to an activating group) is 1. The van der Waals surface area contributed by atoms with Crippen molar-refractivity contribution in [3.05, 3.63) is 0 Å². The maximum Gasteiger partial charge on any atom is 0.236 e. The fraction of sp³-hybridized carbons (Fsp3) is 0.933. The van der Waals surface area contributed by atoms with Crippen molar-refractivity contribution in [2.24, 2.45) is 5.41 Å². The molecule has 0 atom stereocenters. The monoisotopic (exact) mass is 268 g/mol. The van der Waals surface area contributed by atoms with E-state index in [-0.39, 0.29) is 17.9 Å². The third kappa shape index (κ3) is 3.93. The van der Waals surface area contributed by atoms with Crippen molar-refractivity contribution < 1.29 is 9.90 Å². The summed E-state index contributed by atoms with van der Waals surface area (Å²) in [6.45, 7) is 3.61. The maximum absolute atomic E-state index is 12.3. The Morgan fingerprint density at radius 2 is 1.79 bits per heavy atom. The highest BCUT2D eigenvalue weighted by Crippen LogP contribution is 2.38. The van der Waals surface area contributed by atoms with Gasteiger partial charge in [-0.1, -0.05) is 19.3 Å². The first kappa shape index (κ1) is 14.8. The summed E-state index contributed by atoms with van der Waals surface area (Å²) < 4.78 is 0. The predicted molar refractivity (Wildman–Crippen MR) is 75.9 cm³/mol. The van der Waals surface area contributed by atoms with Crippen LogP contribution in [0.2, 0.25) is 0 Å². The molecule has 0 unspecified atom stereocenters. The molecule has 1 amide bonds. The number of piperidine rings is 1. The highest BCUT2D eigenvalue weighted by Gasteiger charge is 2.35. The van der Waals surface area contributed by atoms with Gasteiger partial charge in [0.25, 0.3) is 0 Å². The van der Waals surface area contributed by atoms with Crippen LogP contribution in [0.25, 0.3) is 0 Å². The van der Waals surface area contributed by atoms with Crippen molar-refractivity contribution in [3.63, 3.8) is 0 Å². The molecule has 0 radical (unpaired) electrons. The van der Waals surface area contributed by atoms with Gasteiger partial charge in [0.05, 0.1) is 13.2 Å². The van der Waals surface area contributed by atoms with Gasteiger partial charge in [0.1, 0.15) is 0 Å². The van der Waals surface area contributed by atoms with Crippen molar-refractivity contribution in [1.29, 1.82) is 0 Å². The Morgan fingerprint density at radius 3 is 2.37 bits per heavy atom. The first-order chi connectivity index (χ1) is 9.15. The molecule has 19 heavy (non-hydrogen) atoms. The normalized spacial score (nSPS) is 23.5. The second kappa shape index (κ2) is 6.71. The molecule has 4 heteroatoms. The summed E-state index contributed by atoms with van der Waals surface area (Å²) in [6, 6.07) is 0. The molecule has 4 nitrogen and oxygen atoms in total. The second-order valence-corrected chi connectivity index (χ2v) is 6.45. The minimum absolute atomic E-state index is 0.0215. The number of hydrogen-bond acceptors (Lipinski definition) is 3. The Labute approximate surface area is 116 Å². The van der Waals surface area contributed by atoms with Crippen LogP contribution < -0.4 is 0 Å². The standard InChI is InChI=1S/C15H28N2O2/c1-16(12-15(13-18)7-3-4-8-15)14(19)11-17-9-5-2-6-10-17/h18H,2-13H2,1H3. The number of nitrogens with zero attached hydrogens (tertiary/aromatic N) is 2. The number of amides is 1. The molecule has 0 bridgehead atoms. The molecular weight excluding hydrogens is 240 g/mol. The van der Waals surface area contributed by atoms with Gasteiger partial charge in [0, 0.05) is 19.0 Å². The highest BCUT2D eigenvalue weighted by atomic mass is 16.3. The number of hydrogen-bond donors (Lipinski definition) is 1. The lowest BCUT2D eigenvalue weighted by Gasteiger charge is -2.33. The molecule has 1 heterocycles.